The van der Waals surface area contributed by atoms with Crippen LogP contribution in [0.1, 0.15) is 50.5 Å². The minimum atomic E-state index is -0.696. The van der Waals surface area contributed by atoms with Gasteiger partial charge in [-0.15, -0.1) is 0 Å². The highest BCUT2D eigenvalue weighted by molar-refractivity contribution is 6.04. The van der Waals surface area contributed by atoms with E-state index in [1.807, 2.05) is 11.0 Å². The van der Waals surface area contributed by atoms with Crippen molar-refractivity contribution in [3.05, 3.63) is 23.8 Å². The topological polar surface area (TPSA) is 101 Å². The molecule has 1 aromatic carbocycles. The van der Waals surface area contributed by atoms with Crippen LogP contribution in [-0.4, -0.2) is 91.3 Å². The van der Waals surface area contributed by atoms with Crippen molar-refractivity contribution in [1.82, 2.24) is 20.0 Å². The molecule has 1 aromatic rings. The molecule has 0 unspecified atom stereocenters. The van der Waals surface area contributed by atoms with Gasteiger partial charge in [0, 0.05) is 32.7 Å². The van der Waals surface area contributed by atoms with Crippen LogP contribution in [0.2, 0.25) is 0 Å². The van der Waals surface area contributed by atoms with Crippen molar-refractivity contribution in [1.29, 1.82) is 0 Å². The number of benzene rings is 1. The van der Waals surface area contributed by atoms with Gasteiger partial charge in [0.15, 0.2) is 11.5 Å². The Balaban J connectivity index is 1.16. The van der Waals surface area contributed by atoms with E-state index in [-0.39, 0.29) is 38.0 Å². The summed E-state index contributed by atoms with van der Waals surface area (Å²) in [6.07, 6.45) is 6.54. The lowest BCUT2D eigenvalue weighted by Crippen LogP contribution is -2.52. The van der Waals surface area contributed by atoms with Crippen LogP contribution >= 0.6 is 0 Å². The minimum absolute atomic E-state index is 0.0150. The molecule has 1 N–H and O–H groups in total. The Morgan fingerprint density at radius 3 is 2.84 bits per heavy atom. The van der Waals surface area contributed by atoms with Gasteiger partial charge in [0.05, 0.1) is 13.2 Å². The van der Waals surface area contributed by atoms with E-state index in [0.717, 1.165) is 18.5 Å². The molecule has 202 valence electrons. The predicted molar refractivity (Wildman–Crippen MR) is 135 cm³/mol. The van der Waals surface area contributed by atoms with Gasteiger partial charge in [-0.3, -0.25) is 14.5 Å². The summed E-state index contributed by atoms with van der Waals surface area (Å²) < 4.78 is 16.0. The fraction of sp³-hybridized carbons (Fsp3) is 0.667. The third kappa shape index (κ3) is 5.85. The number of nitrogens with one attached hydrogen (secondary N) is 1. The second kappa shape index (κ2) is 11.7. The Morgan fingerprint density at radius 2 is 1.97 bits per heavy atom. The zero-order valence-corrected chi connectivity index (χ0v) is 21.7. The zero-order valence-electron chi connectivity index (χ0n) is 21.7. The smallest absolute Gasteiger partial charge is 0.325 e. The van der Waals surface area contributed by atoms with Crippen LogP contribution in [0.4, 0.5) is 4.79 Å². The first-order valence-corrected chi connectivity index (χ1v) is 13.5. The summed E-state index contributed by atoms with van der Waals surface area (Å²) >= 11 is 0. The van der Waals surface area contributed by atoms with E-state index >= 15 is 0 Å². The number of carbonyl (C=O) groups excluding carboxylic acids is 3. The zero-order chi connectivity index (χ0) is 25.8. The number of hydrogen-bond acceptors (Lipinski definition) is 7. The number of ether oxygens (including phenoxy) is 3. The average molecular weight is 515 g/mol. The van der Waals surface area contributed by atoms with Gasteiger partial charge in [-0.2, -0.15) is 0 Å². The molecule has 0 spiro atoms. The van der Waals surface area contributed by atoms with E-state index in [4.69, 9.17) is 14.2 Å². The highest BCUT2D eigenvalue weighted by atomic mass is 16.7. The lowest BCUT2D eigenvalue weighted by molar-refractivity contribution is -0.134. The Kier molecular flexibility index (Phi) is 8.14. The maximum Gasteiger partial charge on any atom is 0.325 e. The molecule has 3 atom stereocenters. The lowest BCUT2D eigenvalue weighted by atomic mass is 9.83. The molecule has 4 aliphatic heterocycles. The summed E-state index contributed by atoms with van der Waals surface area (Å²) in [6.45, 7) is 4.39. The van der Waals surface area contributed by atoms with Gasteiger partial charge in [0.25, 0.3) is 5.91 Å². The first-order valence-electron chi connectivity index (χ1n) is 13.5. The van der Waals surface area contributed by atoms with E-state index in [9.17, 15) is 14.4 Å². The van der Waals surface area contributed by atoms with Gasteiger partial charge in [0.1, 0.15) is 6.04 Å². The monoisotopic (exact) mass is 514 g/mol. The quantitative estimate of drug-likeness (QED) is 0.479. The van der Waals surface area contributed by atoms with E-state index in [1.54, 1.807) is 19.2 Å². The SMILES string of the molecule is COCCN(C[C@@H]1CCCN2CCCC[C@H]12)C(=O)CC[C@@H]1NC(=O)N(Cc2ccc3c(c2)OCO3)C1=O. The third-order valence-corrected chi connectivity index (χ3v) is 8.13. The van der Waals surface area contributed by atoms with Gasteiger partial charge >= 0.3 is 6.03 Å². The maximum absolute atomic E-state index is 13.3. The van der Waals surface area contributed by atoms with E-state index in [2.05, 4.69) is 10.2 Å². The second-order valence-corrected chi connectivity index (χ2v) is 10.5. The summed E-state index contributed by atoms with van der Waals surface area (Å²) in [4.78, 5) is 44.6. The van der Waals surface area contributed by atoms with Crippen LogP contribution in [0, 0.1) is 5.92 Å². The molecule has 37 heavy (non-hydrogen) atoms. The number of piperidine rings is 2. The van der Waals surface area contributed by atoms with Crippen molar-refractivity contribution >= 4 is 17.8 Å². The Bertz CT molecular complexity index is 1000. The molecule has 0 aromatic heterocycles. The van der Waals surface area contributed by atoms with Gasteiger partial charge in [-0.05, 0) is 68.8 Å². The summed E-state index contributed by atoms with van der Waals surface area (Å²) in [5.41, 5.74) is 0.777. The molecule has 4 amide bonds. The number of nitrogens with zero attached hydrogens (tertiary/aromatic N) is 3. The normalized spacial score (nSPS) is 25.2. The van der Waals surface area contributed by atoms with Crippen LogP contribution in [0.15, 0.2) is 18.2 Å². The van der Waals surface area contributed by atoms with Gasteiger partial charge in [-0.25, -0.2) is 4.79 Å². The first kappa shape index (κ1) is 25.8. The van der Waals surface area contributed by atoms with Gasteiger partial charge in [0.2, 0.25) is 12.7 Å². The molecule has 0 aliphatic carbocycles. The maximum atomic E-state index is 13.3. The van der Waals surface area contributed by atoms with Crippen molar-refractivity contribution in [3.8, 4) is 11.5 Å². The van der Waals surface area contributed by atoms with Crippen molar-refractivity contribution in [3.63, 3.8) is 0 Å². The predicted octanol–water partition coefficient (Wildman–Crippen LogP) is 2.36. The first-order chi connectivity index (χ1) is 18.0. The molecule has 10 heteroatoms. The standard InChI is InChI=1S/C27H38N4O6/c1-35-14-13-30(17-20-5-4-12-29-11-3-2-6-22(20)29)25(32)10-8-21-26(33)31(27(34)28-21)16-19-7-9-23-24(15-19)37-18-36-23/h7,9,15,20-22H,2-6,8,10-14,16-18H2,1H3,(H,28,34)/t20-,21-,22+/m0/s1. The molecule has 3 fully saturated rings. The van der Waals surface area contributed by atoms with Crippen LogP contribution in [0.5, 0.6) is 11.5 Å². The molecular formula is C27H38N4O6. The van der Waals surface area contributed by atoms with Gasteiger partial charge in [-0.1, -0.05) is 12.5 Å². The highest BCUT2D eigenvalue weighted by Crippen LogP contribution is 2.33. The average Bonchev–Trinajstić information content (AvgIpc) is 3.49. The summed E-state index contributed by atoms with van der Waals surface area (Å²) in [6, 6.07) is 4.80. The molecule has 4 heterocycles. The molecule has 0 saturated carbocycles. The number of imide groups is 1. The van der Waals surface area contributed by atoms with Gasteiger partial charge < -0.3 is 29.3 Å². The molecule has 5 rings (SSSR count). The number of urea groups is 1. The third-order valence-electron chi connectivity index (χ3n) is 8.13. The Hall–Kier alpha value is -2.85. The highest BCUT2D eigenvalue weighted by Gasteiger charge is 2.39. The van der Waals surface area contributed by atoms with Crippen LogP contribution < -0.4 is 14.8 Å². The lowest BCUT2D eigenvalue weighted by Gasteiger charge is -2.45. The fourth-order valence-electron chi connectivity index (χ4n) is 6.16. The number of carbonyl (C=O) groups is 3. The van der Waals surface area contributed by atoms with Crippen molar-refractivity contribution in [2.24, 2.45) is 5.92 Å². The second-order valence-electron chi connectivity index (χ2n) is 10.5. The molecular weight excluding hydrogens is 476 g/mol. The molecule has 0 radical (unpaired) electrons. The largest absolute Gasteiger partial charge is 0.454 e. The van der Waals surface area contributed by atoms with E-state index in [0.29, 0.717) is 36.6 Å². The van der Waals surface area contributed by atoms with E-state index < -0.39 is 12.1 Å². The summed E-state index contributed by atoms with van der Waals surface area (Å²) in [5, 5.41) is 2.76. The number of hydrogen-bond donors (Lipinski definition) is 1. The summed E-state index contributed by atoms with van der Waals surface area (Å²) in [7, 11) is 1.65. The number of amides is 4. The number of rotatable bonds is 10. The van der Waals surface area contributed by atoms with Crippen molar-refractivity contribution in [2.75, 3.05) is 46.7 Å². The number of fused-ring (bicyclic) bond motifs is 2. The number of methoxy groups -OCH3 is 1. The minimum Gasteiger partial charge on any atom is -0.454 e. The molecule has 4 aliphatic rings. The Morgan fingerprint density at radius 1 is 1.14 bits per heavy atom. The van der Waals surface area contributed by atoms with Crippen LogP contribution in [0.25, 0.3) is 0 Å². The van der Waals surface area contributed by atoms with Crippen molar-refractivity contribution in [2.45, 2.75) is 63.6 Å². The Labute approximate surface area is 218 Å². The van der Waals surface area contributed by atoms with Crippen LogP contribution in [-0.2, 0) is 20.9 Å². The summed E-state index contributed by atoms with van der Waals surface area (Å²) in [5.74, 6) is 1.45. The van der Waals surface area contributed by atoms with Crippen LogP contribution in [0.3, 0.4) is 0 Å². The van der Waals surface area contributed by atoms with E-state index in [1.165, 1.54) is 43.7 Å². The molecule has 10 nitrogen and oxygen atoms in total. The van der Waals surface area contributed by atoms with Crippen molar-refractivity contribution < 1.29 is 28.6 Å². The molecule has 3 saturated heterocycles. The fourth-order valence-corrected chi connectivity index (χ4v) is 6.16. The molecule has 0 bridgehead atoms.